The van der Waals surface area contributed by atoms with Crippen molar-refractivity contribution >= 4 is 29.0 Å². The quantitative estimate of drug-likeness (QED) is 0.809. The van der Waals surface area contributed by atoms with Gasteiger partial charge in [0.15, 0.2) is 6.39 Å². The number of aryl methyl sites for hydroxylation is 1. The van der Waals surface area contributed by atoms with Gasteiger partial charge in [-0.2, -0.15) is 0 Å². The summed E-state index contributed by atoms with van der Waals surface area (Å²) < 4.78 is 5.18. The summed E-state index contributed by atoms with van der Waals surface area (Å²) in [6.07, 6.45) is 1.29. The largest absolute Gasteiger partial charge is 0.438 e. The first-order valence-corrected chi connectivity index (χ1v) is 6.89. The van der Waals surface area contributed by atoms with Gasteiger partial charge < -0.3 is 15.1 Å². The molecule has 0 saturated heterocycles. The average molecular weight is 275 g/mol. The van der Waals surface area contributed by atoms with Crippen LogP contribution in [0, 0.1) is 6.92 Å². The lowest BCUT2D eigenvalue weighted by atomic mass is 10.2. The maximum absolute atomic E-state index is 12.5. The minimum absolute atomic E-state index is 0.165. The number of benzene rings is 1. The SMILES string of the molecule is Cc1ncoc1C(=O)N1CCSc2ccc(N)cc21. The van der Waals surface area contributed by atoms with Gasteiger partial charge in [0.2, 0.25) is 5.76 Å². The molecular weight excluding hydrogens is 262 g/mol. The number of rotatable bonds is 1. The van der Waals surface area contributed by atoms with Crippen LogP contribution in [0.15, 0.2) is 33.9 Å². The third-order valence-electron chi connectivity index (χ3n) is 3.03. The molecule has 0 atom stereocenters. The molecule has 19 heavy (non-hydrogen) atoms. The first kappa shape index (κ1) is 12.1. The van der Waals surface area contributed by atoms with Crippen molar-refractivity contribution in [1.82, 2.24) is 4.98 Å². The fourth-order valence-corrected chi connectivity index (χ4v) is 3.05. The van der Waals surface area contributed by atoms with Gasteiger partial charge in [-0.25, -0.2) is 4.98 Å². The van der Waals surface area contributed by atoms with E-state index in [1.807, 2.05) is 18.2 Å². The van der Waals surface area contributed by atoms with E-state index in [0.717, 1.165) is 16.3 Å². The summed E-state index contributed by atoms with van der Waals surface area (Å²) in [6.45, 7) is 2.40. The Labute approximate surface area is 114 Å². The molecule has 1 amide bonds. The van der Waals surface area contributed by atoms with E-state index in [0.29, 0.717) is 23.7 Å². The number of fused-ring (bicyclic) bond motifs is 1. The molecule has 6 heteroatoms. The van der Waals surface area contributed by atoms with Crippen LogP contribution in [0.1, 0.15) is 16.2 Å². The smallest absolute Gasteiger partial charge is 0.296 e. The monoisotopic (exact) mass is 275 g/mol. The Balaban J connectivity index is 2.02. The van der Waals surface area contributed by atoms with Crippen LogP contribution >= 0.6 is 11.8 Å². The lowest BCUT2D eigenvalue weighted by molar-refractivity contribution is 0.0960. The molecule has 2 N–H and O–H groups in total. The van der Waals surface area contributed by atoms with Crippen molar-refractivity contribution in [3.63, 3.8) is 0 Å². The highest BCUT2D eigenvalue weighted by Gasteiger charge is 2.27. The topological polar surface area (TPSA) is 72.4 Å². The number of oxazole rings is 1. The lowest BCUT2D eigenvalue weighted by Crippen LogP contribution is -2.35. The highest BCUT2D eigenvalue weighted by atomic mass is 32.2. The van der Waals surface area contributed by atoms with Crippen molar-refractivity contribution in [3.05, 3.63) is 36.0 Å². The summed E-state index contributed by atoms with van der Waals surface area (Å²) in [5, 5.41) is 0. The molecule has 2 heterocycles. The molecule has 0 bridgehead atoms. The number of carbonyl (C=O) groups excluding carboxylic acids is 1. The lowest BCUT2D eigenvalue weighted by Gasteiger charge is -2.28. The van der Waals surface area contributed by atoms with Crippen LogP contribution in [0.25, 0.3) is 0 Å². The molecule has 1 aromatic carbocycles. The summed E-state index contributed by atoms with van der Waals surface area (Å²) in [7, 11) is 0. The number of hydrogen-bond acceptors (Lipinski definition) is 5. The highest BCUT2D eigenvalue weighted by molar-refractivity contribution is 7.99. The van der Waals surface area contributed by atoms with Gasteiger partial charge in [0.05, 0.1) is 11.4 Å². The molecule has 5 nitrogen and oxygen atoms in total. The predicted octanol–water partition coefficient (Wildman–Crippen LogP) is 2.32. The fraction of sp³-hybridized carbons (Fsp3) is 0.231. The summed E-state index contributed by atoms with van der Waals surface area (Å²) >= 11 is 1.72. The molecule has 0 fully saturated rings. The standard InChI is InChI=1S/C13H13N3O2S/c1-8-12(18-7-15-8)13(17)16-4-5-19-11-3-2-9(14)6-10(11)16/h2-3,6-7H,4-5,14H2,1H3. The van der Waals surface area contributed by atoms with Gasteiger partial charge in [-0.1, -0.05) is 0 Å². The van der Waals surface area contributed by atoms with Gasteiger partial charge in [-0.05, 0) is 25.1 Å². The minimum atomic E-state index is -0.165. The zero-order valence-electron chi connectivity index (χ0n) is 10.4. The van der Waals surface area contributed by atoms with Crippen LogP contribution in [-0.4, -0.2) is 23.2 Å². The molecule has 0 unspecified atom stereocenters. The Kier molecular flexibility index (Phi) is 2.94. The van der Waals surface area contributed by atoms with Crippen molar-refractivity contribution < 1.29 is 9.21 Å². The summed E-state index contributed by atoms with van der Waals surface area (Å²) in [4.78, 5) is 19.2. The second-order valence-electron chi connectivity index (χ2n) is 4.30. The van der Waals surface area contributed by atoms with E-state index in [1.165, 1.54) is 6.39 Å². The molecule has 0 saturated carbocycles. The van der Waals surface area contributed by atoms with E-state index >= 15 is 0 Å². The van der Waals surface area contributed by atoms with Crippen molar-refractivity contribution in [1.29, 1.82) is 0 Å². The van der Waals surface area contributed by atoms with E-state index in [1.54, 1.807) is 23.6 Å². The minimum Gasteiger partial charge on any atom is -0.438 e. The number of thioether (sulfide) groups is 1. The molecule has 1 aliphatic heterocycles. The van der Waals surface area contributed by atoms with Crippen LogP contribution < -0.4 is 10.6 Å². The Morgan fingerprint density at radius 3 is 3.11 bits per heavy atom. The molecular formula is C13H13N3O2S. The van der Waals surface area contributed by atoms with Crippen molar-refractivity contribution in [2.45, 2.75) is 11.8 Å². The number of nitrogens with zero attached hydrogens (tertiary/aromatic N) is 2. The van der Waals surface area contributed by atoms with Crippen LogP contribution in [0.2, 0.25) is 0 Å². The van der Waals surface area contributed by atoms with E-state index in [4.69, 9.17) is 10.2 Å². The van der Waals surface area contributed by atoms with Gasteiger partial charge in [0.25, 0.3) is 5.91 Å². The second kappa shape index (κ2) is 4.62. The highest BCUT2D eigenvalue weighted by Crippen LogP contribution is 2.36. The normalized spacial score (nSPS) is 14.3. The number of aromatic nitrogens is 1. The molecule has 1 aliphatic rings. The third kappa shape index (κ3) is 2.08. The summed E-state index contributed by atoms with van der Waals surface area (Å²) in [5.74, 6) is 0.984. The Bertz CT molecular complexity index is 639. The van der Waals surface area contributed by atoms with E-state index in [9.17, 15) is 4.79 Å². The molecule has 0 spiro atoms. The number of nitrogens with two attached hydrogens (primary N) is 1. The van der Waals surface area contributed by atoms with Crippen molar-refractivity contribution in [3.8, 4) is 0 Å². The van der Waals surface area contributed by atoms with Crippen molar-refractivity contribution in [2.75, 3.05) is 22.9 Å². The third-order valence-corrected chi connectivity index (χ3v) is 4.07. The maximum atomic E-state index is 12.5. The summed E-state index contributed by atoms with van der Waals surface area (Å²) in [6, 6.07) is 5.62. The zero-order valence-corrected chi connectivity index (χ0v) is 11.2. The zero-order chi connectivity index (χ0) is 13.4. The predicted molar refractivity (Wildman–Crippen MR) is 74.5 cm³/mol. The number of carbonyl (C=O) groups is 1. The molecule has 1 aromatic heterocycles. The van der Waals surface area contributed by atoms with E-state index in [2.05, 4.69) is 4.98 Å². The Morgan fingerprint density at radius 1 is 1.53 bits per heavy atom. The first-order valence-electron chi connectivity index (χ1n) is 5.91. The molecule has 3 rings (SSSR count). The number of anilines is 2. The van der Waals surface area contributed by atoms with Crippen LogP contribution in [0.5, 0.6) is 0 Å². The number of hydrogen-bond donors (Lipinski definition) is 1. The van der Waals surface area contributed by atoms with Gasteiger partial charge in [-0.15, -0.1) is 11.8 Å². The second-order valence-corrected chi connectivity index (χ2v) is 5.44. The van der Waals surface area contributed by atoms with Gasteiger partial charge >= 0.3 is 0 Å². The average Bonchev–Trinajstić information content (AvgIpc) is 2.83. The fourth-order valence-electron chi connectivity index (χ4n) is 2.08. The van der Waals surface area contributed by atoms with Crippen LogP contribution in [-0.2, 0) is 0 Å². The Hall–Kier alpha value is -1.95. The molecule has 98 valence electrons. The maximum Gasteiger partial charge on any atom is 0.296 e. The molecule has 0 radical (unpaired) electrons. The number of nitrogen functional groups attached to an aromatic ring is 1. The van der Waals surface area contributed by atoms with E-state index < -0.39 is 0 Å². The van der Waals surface area contributed by atoms with Crippen molar-refractivity contribution in [2.24, 2.45) is 0 Å². The number of amides is 1. The van der Waals surface area contributed by atoms with Gasteiger partial charge in [0.1, 0.15) is 0 Å². The Morgan fingerprint density at radius 2 is 2.37 bits per heavy atom. The first-order chi connectivity index (χ1) is 9.16. The van der Waals surface area contributed by atoms with Gasteiger partial charge in [-0.3, -0.25) is 4.79 Å². The molecule has 0 aliphatic carbocycles. The summed E-state index contributed by atoms with van der Waals surface area (Å²) in [5.41, 5.74) is 7.91. The van der Waals surface area contributed by atoms with Gasteiger partial charge in [0, 0.05) is 22.9 Å². The van der Waals surface area contributed by atoms with E-state index in [-0.39, 0.29) is 5.91 Å². The van der Waals surface area contributed by atoms with Crippen LogP contribution in [0.4, 0.5) is 11.4 Å². The van der Waals surface area contributed by atoms with Crippen LogP contribution in [0.3, 0.4) is 0 Å². The molecule has 2 aromatic rings.